The maximum atomic E-state index is 13.3. The van der Waals surface area contributed by atoms with Crippen LogP contribution in [0.5, 0.6) is 11.5 Å². The Bertz CT molecular complexity index is 1090. The molecule has 1 N–H and O–H groups in total. The Balaban J connectivity index is 1.29. The highest BCUT2D eigenvalue weighted by atomic mass is 35.5. The van der Waals surface area contributed by atoms with Gasteiger partial charge in [-0.1, -0.05) is 23.7 Å². The highest BCUT2D eigenvalue weighted by Gasteiger charge is 2.22. The molecule has 150 valence electrons. The number of esters is 1. The van der Waals surface area contributed by atoms with Crippen LogP contribution in [0.1, 0.15) is 9.67 Å². The summed E-state index contributed by atoms with van der Waals surface area (Å²) in [6.45, 7) is 0.0284. The molecule has 29 heavy (non-hydrogen) atoms. The Morgan fingerprint density at radius 1 is 1.24 bits per heavy atom. The summed E-state index contributed by atoms with van der Waals surface area (Å²) >= 11 is 7.19. The van der Waals surface area contributed by atoms with E-state index in [9.17, 15) is 14.0 Å². The third kappa shape index (κ3) is 4.28. The van der Waals surface area contributed by atoms with Crippen molar-refractivity contribution in [3.8, 4) is 11.5 Å². The van der Waals surface area contributed by atoms with Crippen LogP contribution in [0.2, 0.25) is 5.02 Å². The second-order valence-electron chi connectivity index (χ2n) is 6.26. The minimum Gasteiger partial charge on any atom is -0.486 e. The zero-order valence-electron chi connectivity index (χ0n) is 14.9. The van der Waals surface area contributed by atoms with Crippen LogP contribution in [0.4, 0.5) is 4.39 Å². The van der Waals surface area contributed by atoms with Crippen LogP contribution in [0, 0.1) is 5.82 Å². The standard InChI is InChI=1S/C20H15ClFNO5S/c21-18-13-6-5-11(22)7-16(13)29-19(18)20(25)27-10-17(24)23-8-12-9-26-14-3-1-2-4-15(14)28-12/h1-7,12H,8-10H2,(H,23,24). The summed E-state index contributed by atoms with van der Waals surface area (Å²) in [5.74, 6) is -0.377. The molecule has 1 aliphatic heterocycles. The zero-order valence-corrected chi connectivity index (χ0v) is 16.5. The van der Waals surface area contributed by atoms with Crippen molar-refractivity contribution in [2.45, 2.75) is 6.10 Å². The van der Waals surface area contributed by atoms with E-state index in [-0.39, 0.29) is 22.5 Å². The van der Waals surface area contributed by atoms with Crippen molar-refractivity contribution in [1.29, 1.82) is 0 Å². The molecule has 1 aromatic heterocycles. The molecule has 1 aliphatic rings. The second kappa shape index (κ2) is 8.26. The Morgan fingerprint density at radius 2 is 2.03 bits per heavy atom. The van der Waals surface area contributed by atoms with E-state index >= 15 is 0 Å². The van der Waals surface area contributed by atoms with Crippen molar-refractivity contribution in [2.75, 3.05) is 19.8 Å². The molecule has 0 saturated heterocycles. The largest absolute Gasteiger partial charge is 0.486 e. The van der Waals surface area contributed by atoms with Gasteiger partial charge in [0.2, 0.25) is 0 Å². The van der Waals surface area contributed by atoms with E-state index in [2.05, 4.69) is 5.32 Å². The Morgan fingerprint density at radius 3 is 2.86 bits per heavy atom. The number of nitrogens with one attached hydrogen (secondary N) is 1. The number of thiophene rings is 1. The highest BCUT2D eigenvalue weighted by molar-refractivity contribution is 7.21. The summed E-state index contributed by atoms with van der Waals surface area (Å²) < 4.78 is 30.2. The van der Waals surface area contributed by atoms with E-state index in [1.807, 2.05) is 12.1 Å². The molecule has 1 amide bonds. The Hall–Kier alpha value is -2.84. The lowest BCUT2D eigenvalue weighted by Crippen LogP contribution is -2.42. The van der Waals surface area contributed by atoms with Crippen molar-refractivity contribution < 1.29 is 28.2 Å². The highest BCUT2D eigenvalue weighted by Crippen LogP contribution is 2.36. The van der Waals surface area contributed by atoms with Crippen LogP contribution >= 0.6 is 22.9 Å². The van der Waals surface area contributed by atoms with Gasteiger partial charge in [-0.15, -0.1) is 11.3 Å². The van der Waals surface area contributed by atoms with Gasteiger partial charge in [0.1, 0.15) is 23.4 Å². The molecule has 0 saturated carbocycles. The molecule has 0 aliphatic carbocycles. The van der Waals surface area contributed by atoms with E-state index in [1.165, 1.54) is 18.2 Å². The maximum Gasteiger partial charge on any atom is 0.350 e. The number of ether oxygens (including phenoxy) is 3. The van der Waals surface area contributed by atoms with Crippen molar-refractivity contribution in [3.05, 3.63) is 58.2 Å². The van der Waals surface area contributed by atoms with Crippen molar-refractivity contribution in [3.63, 3.8) is 0 Å². The summed E-state index contributed by atoms with van der Waals surface area (Å²) in [5.41, 5.74) is 0. The van der Waals surface area contributed by atoms with Crippen LogP contribution in [0.15, 0.2) is 42.5 Å². The number of hydrogen-bond donors (Lipinski definition) is 1. The van der Waals surface area contributed by atoms with Crippen molar-refractivity contribution in [1.82, 2.24) is 5.32 Å². The van der Waals surface area contributed by atoms with Gasteiger partial charge in [-0.3, -0.25) is 4.79 Å². The van der Waals surface area contributed by atoms with Gasteiger partial charge in [0.15, 0.2) is 18.1 Å². The van der Waals surface area contributed by atoms with Gasteiger partial charge >= 0.3 is 5.97 Å². The van der Waals surface area contributed by atoms with Gasteiger partial charge in [-0.25, -0.2) is 9.18 Å². The second-order valence-corrected chi connectivity index (χ2v) is 7.69. The van der Waals surface area contributed by atoms with Crippen LogP contribution in [0.25, 0.3) is 10.1 Å². The number of carbonyl (C=O) groups is 2. The smallest absolute Gasteiger partial charge is 0.350 e. The van der Waals surface area contributed by atoms with E-state index in [4.69, 9.17) is 25.8 Å². The first-order valence-corrected chi connectivity index (χ1v) is 9.90. The molecule has 1 atom stereocenters. The lowest BCUT2D eigenvalue weighted by atomic mass is 10.2. The monoisotopic (exact) mass is 435 g/mol. The quantitative estimate of drug-likeness (QED) is 0.617. The number of rotatable bonds is 5. The number of carbonyl (C=O) groups excluding carboxylic acids is 2. The van der Waals surface area contributed by atoms with E-state index in [0.717, 1.165) is 11.3 Å². The van der Waals surface area contributed by atoms with Crippen LogP contribution in [0.3, 0.4) is 0 Å². The third-order valence-corrected chi connectivity index (χ3v) is 5.84. The molecule has 2 heterocycles. The number of benzene rings is 2. The third-order valence-electron chi connectivity index (χ3n) is 4.21. The van der Waals surface area contributed by atoms with Gasteiger partial charge < -0.3 is 19.5 Å². The summed E-state index contributed by atoms with van der Waals surface area (Å²) in [7, 11) is 0. The molecule has 0 spiro atoms. The fourth-order valence-electron chi connectivity index (χ4n) is 2.81. The predicted molar refractivity (Wildman–Crippen MR) is 106 cm³/mol. The topological polar surface area (TPSA) is 73.9 Å². The number of amides is 1. The van der Waals surface area contributed by atoms with Crippen LogP contribution in [-0.4, -0.2) is 37.7 Å². The molecule has 0 fully saturated rings. The normalized spacial score (nSPS) is 15.2. The Kier molecular flexibility index (Phi) is 5.55. The zero-order chi connectivity index (χ0) is 20.4. The van der Waals surface area contributed by atoms with Crippen LogP contribution in [-0.2, 0) is 9.53 Å². The SMILES string of the molecule is O=C(COC(=O)c1sc2cc(F)ccc2c1Cl)NCC1COc2ccccc2O1. The molecule has 0 bridgehead atoms. The first-order valence-electron chi connectivity index (χ1n) is 8.71. The van der Waals surface area contributed by atoms with Crippen molar-refractivity contribution >= 4 is 44.9 Å². The predicted octanol–water partition coefficient (Wildman–Crippen LogP) is 3.81. The average Bonchev–Trinajstić information content (AvgIpc) is 3.06. The van der Waals surface area contributed by atoms with E-state index in [0.29, 0.717) is 28.2 Å². The summed E-state index contributed by atoms with van der Waals surface area (Å²) in [6.07, 6.45) is -0.350. The van der Waals surface area contributed by atoms with Gasteiger partial charge in [0.25, 0.3) is 5.91 Å². The summed E-state index contributed by atoms with van der Waals surface area (Å²) in [6, 6.07) is 11.3. The van der Waals surface area contributed by atoms with Gasteiger partial charge in [0.05, 0.1) is 11.6 Å². The molecule has 3 aromatic rings. The number of hydrogen-bond acceptors (Lipinski definition) is 6. The van der Waals surface area contributed by atoms with Gasteiger partial charge in [-0.2, -0.15) is 0 Å². The Labute approximate surface area is 174 Å². The van der Waals surface area contributed by atoms with E-state index in [1.54, 1.807) is 12.1 Å². The molecular formula is C20H15ClFNO5S. The van der Waals surface area contributed by atoms with Crippen LogP contribution < -0.4 is 14.8 Å². The molecule has 9 heteroatoms. The maximum absolute atomic E-state index is 13.3. The fourth-order valence-corrected chi connectivity index (χ4v) is 4.24. The summed E-state index contributed by atoms with van der Waals surface area (Å²) in [4.78, 5) is 24.4. The van der Waals surface area contributed by atoms with Gasteiger partial charge in [-0.05, 0) is 30.3 Å². The first kappa shape index (κ1) is 19.5. The average molecular weight is 436 g/mol. The molecule has 0 radical (unpaired) electrons. The molecule has 4 rings (SSSR count). The molecule has 1 unspecified atom stereocenters. The fraction of sp³-hybridized carbons (Fsp3) is 0.200. The first-order chi connectivity index (χ1) is 14.0. The minimum absolute atomic E-state index is 0.126. The van der Waals surface area contributed by atoms with Gasteiger partial charge in [0, 0.05) is 10.1 Å². The molecule has 2 aromatic carbocycles. The summed E-state index contributed by atoms with van der Waals surface area (Å²) in [5, 5.41) is 3.38. The number of para-hydroxylation sites is 2. The number of halogens is 2. The van der Waals surface area contributed by atoms with Crippen molar-refractivity contribution in [2.24, 2.45) is 0 Å². The lowest BCUT2D eigenvalue weighted by Gasteiger charge is -2.26. The lowest BCUT2D eigenvalue weighted by molar-refractivity contribution is -0.124. The molecule has 6 nitrogen and oxygen atoms in total. The minimum atomic E-state index is -0.738. The van der Waals surface area contributed by atoms with E-state index < -0.39 is 24.3 Å². The molecular weight excluding hydrogens is 421 g/mol. The number of fused-ring (bicyclic) bond motifs is 2.